The van der Waals surface area contributed by atoms with E-state index < -0.39 is 11.7 Å². The molecule has 3 nitrogen and oxygen atoms in total. The van der Waals surface area contributed by atoms with E-state index in [0.717, 1.165) is 5.69 Å². The average Bonchev–Trinajstić information content (AvgIpc) is 2.38. The molecule has 1 aromatic heterocycles. The van der Waals surface area contributed by atoms with Crippen LogP contribution in [-0.4, -0.2) is 10.9 Å². The number of rotatable bonds is 2. The first kappa shape index (κ1) is 14.2. The van der Waals surface area contributed by atoms with E-state index in [1.165, 1.54) is 12.1 Å². The summed E-state index contributed by atoms with van der Waals surface area (Å²) in [7, 11) is 0. The normalized spacial score (nSPS) is 11.2. The zero-order valence-corrected chi connectivity index (χ0v) is 11.8. The van der Waals surface area contributed by atoms with Gasteiger partial charge in [-0.2, -0.15) is 0 Å². The van der Waals surface area contributed by atoms with E-state index in [9.17, 15) is 9.18 Å². The lowest BCUT2D eigenvalue weighted by atomic mass is 9.91. The van der Waals surface area contributed by atoms with Gasteiger partial charge in [-0.05, 0) is 24.3 Å². The molecule has 104 valence electrons. The lowest BCUT2D eigenvalue weighted by molar-refractivity contribution is 0.102. The van der Waals surface area contributed by atoms with Crippen LogP contribution in [0.4, 0.5) is 10.1 Å². The maximum Gasteiger partial charge on any atom is 0.258 e. The number of hydrogen-bond donors (Lipinski definition) is 1. The lowest BCUT2D eigenvalue weighted by Crippen LogP contribution is -2.16. The monoisotopic (exact) mass is 272 g/mol. The van der Waals surface area contributed by atoms with Crippen molar-refractivity contribution in [3.63, 3.8) is 0 Å². The topological polar surface area (TPSA) is 42.0 Å². The van der Waals surface area contributed by atoms with Gasteiger partial charge in [0.15, 0.2) is 0 Å². The number of anilines is 1. The van der Waals surface area contributed by atoms with E-state index >= 15 is 0 Å². The molecule has 0 unspecified atom stereocenters. The molecule has 0 saturated heterocycles. The summed E-state index contributed by atoms with van der Waals surface area (Å²) in [6.07, 6.45) is 1.64. The standard InChI is InChI=1S/C16H17FN2O/c1-16(2,3)14-10-11(8-9-18-14)19-15(20)12-6-4-5-7-13(12)17/h4-10H,1-3H3,(H,18,19,20). The summed E-state index contributed by atoms with van der Waals surface area (Å²) in [4.78, 5) is 16.3. The predicted molar refractivity (Wildman–Crippen MR) is 77.3 cm³/mol. The molecule has 20 heavy (non-hydrogen) atoms. The van der Waals surface area contributed by atoms with Crippen molar-refractivity contribution in [3.05, 3.63) is 59.7 Å². The summed E-state index contributed by atoms with van der Waals surface area (Å²) in [5.74, 6) is -0.996. The molecule has 2 rings (SSSR count). The Balaban J connectivity index is 2.23. The maximum absolute atomic E-state index is 13.5. The highest BCUT2D eigenvalue weighted by Crippen LogP contribution is 2.22. The van der Waals surface area contributed by atoms with E-state index in [1.54, 1.807) is 30.5 Å². The van der Waals surface area contributed by atoms with Crippen molar-refractivity contribution in [2.24, 2.45) is 0 Å². The third-order valence-corrected chi connectivity index (χ3v) is 2.90. The summed E-state index contributed by atoms with van der Waals surface area (Å²) in [6, 6.07) is 9.40. The minimum atomic E-state index is -0.532. The van der Waals surface area contributed by atoms with Crippen LogP contribution in [0.25, 0.3) is 0 Å². The van der Waals surface area contributed by atoms with Gasteiger partial charge in [0.2, 0.25) is 0 Å². The van der Waals surface area contributed by atoms with Gasteiger partial charge in [0.05, 0.1) is 5.56 Å². The number of benzene rings is 1. The summed E-state index contributed by atoms with van der Waals surface area (Å²) in [6.45, 7) is 6.12. The van der Waals surface area contributed by atoms with Gasteiger partial charge in [0.25, 0.3) is 5.91 Å². The Morgan fingerprint density at radius 2 is 1.90 bits per heavy atom. The number of carbonyl (C=O) groups is 1. The number of pyridine rings is 1. The number of amides is 1. The maximum atomic E-state index is 13.5. The number of halogens is 1. The molecule has 0 atom stereocenters. The molecule has 1 aromatic carbocycles. The Morgan fingerprint density at radius 3 is 2.55 bits per heavy atom. The molecule has 4 heteroatoms. The Bertz CT molecular complexity index is 632. The van der Waals surface area contributed by atoms with E-state index in [0.29, 0.717) is 5.69 Å². The van der Waals surface area contributed by atoms with Gasteiger partial charge in [0, 0.05) is 23.0 Å². The van der Waals surface area contributed by atoms with Crippen LogP contribution in [-0.2, 0) is 5.41 Å². The molecule has 0 aliphatic carbocycles. The van der Waals surface area contributed by atoms with E-state index in [-0.39, 0.29) is 11.0 Å². The molecule has 0 radical (unpaired) electrons. The van der Waals surface area contributed by atoms with E-state index in [4.69, 9.17) is 0 Å². The molecule has 0 spiro atoms. The van der Waals surface area contributed by atoms with Gasteiger partial charge >= 0.3 is 0 Å². The molecular formula is C16H17FN2O. The van der Waals surface area contributed by atoms with E-state index in [1.807, 2.05) is 20.8 Å². The largest absolute Gasteiger partial charge is 0.322 e. The van der Waals surface area contributed by atoms with Crippen LogP contribution in [0.5, 0.6) is 0 Å². The summed E-state index contributed by atoms with van der Waals surface area (Å²) >= 11 is 0. The first-order valence-electron chi connectivity index (χ1n) is 6.40. The highest BCUT2D eigenvalue weighted by Gasteiger charge is 2.16. The van der Waals surface area contributed by atoms with Gasteiger partial charge in [-0.3, -0.25) is 9.78 Å². The molecule has 0 fully saturated rings. The molecular weight excluding hydrogens is 255 g/mol. The fourth-order valence-corrected chi connectivity index (χ4v) is 1.76. The van der Waals surface area contributed by atoms with Gasteiger partial charge in [0.1, 0.15) is 5.82 Å². The quantitative estimate of drug-likeness (QED) is 0.904. The highest BCUT2D eigenvalue weighted by atomic mass is 19.1. The van der Waals surface area contributed by atoms with Gasteiger partial charge in [-0.25, -0.2) is 4.39 Å². The SMILES string of the molecule is CC(C)(C)c1cc(NC(=O)c2ccccc2F)ccn1. The third kappa shape index (κ3) is 3.20. The number of nitrogens with zero attached hydrogens (tertiary/aromatic N) is 1. The van der Waals surface area contributed by atoms with Crippen LogP contribution in [0.2, 0.25) is 0 Å². The second-order valence-corrected chi connectivity index (χ2v) is 5.61. The van der Waals surface area contributed by atoms with Crippen LogP contribution >= 0.6 is 0 Å². The predicted octanol–water partition coefficient (Wildman–Crippen LogP) is 3.77. The Kier molecular flexibility index (Phi) is 3.84. The lowest BCUT2D eigenvalue weighted by Gasteiger charge is -2.18. The Labute approximate surface area is 117 Å². The highest BCUT2D eigenvalue weighted by molar-refractivity contribution is 6.04. The molecule has 0 aliphatic heterocycles. The van der Waals surface area contributed by atoms with Crippen LogP contribution < -0.4 is 5.32 Å². The van der Waals surface area contributed by atoms with Crippen molar-refractivity contribution in [2.45, 2.75) is 26.2 Å². The molecule has 2 aromatic rings. The first-order chi connectivity index (χ1) is 9.38. The minimum Gasteiger partial charge on any atom is -0.322 e. The summed E-state index contributed by atoms with van der Waals surface area (Å²) < 4.78 is 13.5. The third-order valence-electron chi connectivity index (χ3n) is 2.90. The van der Waals surface area contributed by atoms with Crippen LogP contribution in [0.15, 0.2) is 42.6 Å². The summed E-state index contributed by atoms with van der Waals surface area (Å²) in [5, 5.41) is 2.69. The van der Waals surface area contributed by atoms with Crippen molar-refractivity contribution in [3.8, 4) is 0 Å². The smallest absolute Gasteiger partial charge is 0.258 e. The zero-order valence-electron chi connectivity index (χ0n) is 11.8. The average molecular weight is 272 g/mol. The van der Waals surface area contributed by atoms with Gasteiger partial charge < -0.3 is 5.32 Å². The fraction of sp³-hybridized carbons (Fsp3) is 0.250. The molecule has 1 heterocycles. The Morgan fingerprint density at radius 1 is 1.20 bits per heavy atom. The van der Waals surface area contributed by atoms with Crippen molar-refractivity contribution >= 4 is 11.6 Å². The molecule has 0 aliphatic rings. The number of nitrogens with one attached hydrogen (secondary N) is 1. The first-order valence-corrected chi connectivity index (χ1v) is 6.40. The number of hydrogen-bond acceptors (Lipinski definition) is 2. The zero-order chi connectivity index (χ0) is 14.8. The molecule has 0 saturated carbocycles. The van der Waals surface area contributed by atoms with Crippen molar-refractivity contribution in [2.75, 3.05) is 5.32 Å². The van der Waals surface area contributed by atoms with Crippen LogP contribution in [0.1, 0.15) is 36.8 Å². The minimum absolute atomic E-state index is 0.0293. The number of aromatic nitrogens is 1. The number of carbonyl (C=O) groups excluding carboxylic acids is 1. The van der Waals surface area contributed by atoms with Crippen molar-refractivity contribution in [1.29, 1.82) is 0 Å². The second-order valence-electron chi connectivity index (χ2n) is 5.61. The fourth-order valence-electron chi connectivity index (χ4n) is 1.76. The Hall–Kier alpha value is -2.23. The molecule has 0 bridgehead atoms. The summed E-state index contributed by atoms with van der Waals surface area (Å²) in [5.41, 5.74) is 1.39. The van der Waals surface area contributed by atoms with Crippen LogP contribution in [0, 0.1) is 5.82 Å². The second kappa shape index (κ2) is 5.41. The molecule has 1 N–H and O–H groups in total. The van der Waals surface area contributed by atoms with Gasteiger partial charge in [-0.15, -0.1) is 0 Å². The van der Waals surface area contributed by atoms with E-state index in [2.05, 4.69) is 10.3 Å². The van der Waals surface area contributed by atoms with Crippen LogP contribution in [0.3, 0.4) is 0 Å². The van der Waals surface area contributed by atoms with Crippen molar-refractivity contribution < 1.29 is 9.18 Å². The van der Waals surface area contributed by atoms with Gasteiger partial charge in [-0.1, -0.05) is 32.9 Å². The molecule has 1 amide bonds. The van der Waals surface area contributed by atoms with Crippen molar-refractivity contribution in [1.82, 2.24) is 4.98 Å².